The van der Waals surface area contributed by atoms with E-state index >= 15 is 0 Å². The van der Waals surface area contributed by atoms with Gasteiger partial charge in [0.1, 0.15) is 12.2 Å². The first-order chi connectivity index (χ1) is 14.1. The third-order valence-electron chi connectivity index (χ3n) is 6.73. The Hall–Kier alpha value is -2.21. The molecule has 5 rings (SSSR count). The summed E-state index contributed by atoms with van der Waals surface area (Å²) in [5, 5.41) is 7.77. The number of pyridine rings is 1. The summed E-state index contributed by atoms with van der Waals surface area (Å²) in [5.41, 5.74) is 1.95. The Morgan fingerprint density at radius 1 is 1.14 bits per heavy atom. The van der Waals surface area contributed by atoms with Crippen molar-refractivity contribution in [3.05, 3.63) is 53.0 Å². The minimum atomic E-state index is -0.392. The van der Waals surface area contributed by atoms with Gasteiger partial charge < -0.3 is 4.90 Å². The van der Waals surface area contributed by atoms with Gasteiger partial charge in [0.25, 0.3) is 0 Å². The summed E-state index contributed by atoms with van der Waals surface area (Å²) in [6.45, 7) is 2.24. The molecular weight excluding hydrogens is 389 g/mol. The molecule has 0 aromatic carbocycles. The van der Waals surface area contributed by atoms with Crippen LogP contribution in [0.25, 0.3) is 0 Å². The monoisotopic (exact) mass is 413 g/mol. The van der Waals surface area contributed by atoms with Gasteiger partial charge in [0.05, 0.1) is 12.2 Å². The quantitative estimate of drug-likeness (QED) is 0.642. The van der Waals surface area contributed by atoms with Crippen molar-refractivity contribution < 1.29 is 4.39 Å². The van der Waals surface area contributed by atoms with Crippen LogP contribution in [0.15, 0.2) is 51.4 Å². The van der Waals surface area contributed by atoms with E-state index in [1.54, 1.807) is 6.07 Å². The lowest BCUT2D eigenvalue weighted by Gasteiger charge is -2.36. The van der Waals surface area contributed by atoms with Crippen LogP contribution in [0.5, 0.6) is 0 Å². The maximum Gasteiger partial charge on any atom is 0.213 e. The van der Waals surface area contributed by atoms with Crippen molar-refractivity contribution in [2.24, 2.45) is 16.0 Å². The Bertz CT molecular complexity index is 916. The van der Waals surface area contributed by atoms with Crippen LogP contribution in [0.2, 0.25) is 0 Å². The van der Waals surface area contributed by atoms with E-state index in [4.69, 9.17) is 21.7 Å². The van der Waals surface area contributed by atoms with Gasteiger partial charge in [-0.2, -0.15) is 9.49 Å². The van der Waals surface area contributed by atoms with Gasteiger partial charge in [0.15, 0.2) is 0 Å². The number of hydrazone groups is 1. The van der Waals surface area contributed by atoms with E-state index in [-0.39, 0.29) is 0 Å². The van der Waals surface area contributed by atoms with Crippen LogP contribution >= 0.6 is 11.6 Å². The topological polar surface area (TPSA) is 44.1 Å². The van der Waals surface area contributed by atoms with Crippen molar-refractivity contribution in [1.29, 1.82) is 0 Å². The van der Waals surface area contributed by atoms with Crippen molar-refractivity contribution in [3.8, 4) is 0 Å². The summed E-state index contributed by atoms with van der Waals surface area (Å²) in [4.78, 5) is 11.1. The molecule has 1 aromatic rings. The van der Waals surface area contributed by atoms with Gasteiger partial charge in [0.2, 0.25) is 5.95 Å². The molecule has 2 unspecified atom stereocenters. The van der Waals surface area contributed by atoms with Crippen molar-refractivity contribution in [2.75, 3.05) is 0 Å². The van der Waals surface area contributed by atoms with E-state index < -0.39 is 5.95 Å². The molecule has 0 N–H and O–H groups in total. The maximum absolute atomic E-state index is 13.5. The number of fused-ring (bicyclic) bond motifs is 2. The predicted octanol–water partition coefficient (Wildman–Crippen LogP) is 4.98. The molecule has 2 atom stereocenters. The molecule has 0 spiro atoms. The smallest absolute Gasteiger partial charge is 0.213 e. The molecule has 152 valence electrons. The number of aliphatic imine (C=N–C) groups is 1. The minimum Gasteiger partial charge on any atom is -0.311 e. The van der Waals surface area contributed by atoms with Crippen LogP contribution in [0.3, 0.4) is 0 Å². The van der Waals surface area contributed by atoms with E-state index in [2.05, 4.69) is 21.8 Å². The molecule has 0 bridgehead atoms. The highest BCUT2D eigenvalue weighted by Crippen LogP contribution is 2.39. The standard InChI is InChI=1S/C22H25ClFN5/c1-14-18-10-7-16(23)11-20(18)25-12-22-28(14)13-26-29(22)17-8-5-15(6-9-17)19-3-2-4-21(24)27-19/h2-4,11-15,17-18H,5-10H2,1H3. The molecule has 2 aliphatic heterocycles. The lowest BCUT2D eigenvalue weighted by Crippen LogP contribution is -2.41. The summed E-state index contributed by atoms with van der Waals surface area (Å²) in [6, 6.07) is 5.73. The Labute approximate surface area is 175 Å². The molecule has 1 saturated carbocycles. The summed E-state index contributed by atoms with van der Waals surface area (Å²) in [7, 11) is 0. The van der Waals surface area contributed by atoms with Gasteiger partial charge in [-0.15, -0.1) is 0 Å². The molecule has 0 saturated heterocycles. The van der Waals surface area contributed by atoms with Gasteiger partial charge in [-0.3, -0.25) is 4.99 Å². The molecule has 4 aliphatic rings. The van der Waals surface area contributed by atoms with E-state index in [0.717, 1.165) is 60.8 Å². The molecule has 7 heteroatoms. The van der Waals surface area contributed by atoms with Crippen molar-refractivity contribution in [1.82, 2.24) is 14.9 Å². The molecule has 0 amide bonds. The average molecular weight is 414 g/mol. The number of halogens is 2. The SMILES string of the molecule is CC1C2CCC(Cl)=CC2=NC=C2N1C=NN2C1CCC(c2cccc(F)n2)CC1. The molecule has 1 aromatic heterocycles. The van der Waals surface area contributed by atoms with Gasteiger partial charge >= 0.3 is 0 Å². The largest absolute Gasteiger partial charge is 0.311 e. The van der Waals surface area contributed by atoms with Crippen molar-refractivity contribution in [3.63, 3.8) is 0 Å². The third-order valence-corrected chi connectivity index (χ3v) is 7.02. The molecule has 29 heavy (non-hydrogen) atoms. The Kier molecular flexibility index (Phi) is 4.90. The van der Waals surface area contributed by atoms with Gasteiger partial charge in [-0.05, 0) is 63.7 Å². The fourth-order valence-corrected chi connectivity index (χ4v) is 5.29. The second-order valence-electron chi connectivity index (χ2n) is 8.39. The van der Waals surface area contributed by atoms with Crippen molar-refractivity contribution >= 4 is 23.7 Å². The first-order valence-electron chi connectivity index (χ1n) is 10.5. The van der Waals surface area contributed by atoms with Gasteiger partial charge in [0, 0.05) is 34.3 Å². The van der Waals surface area contributed by atoms with E-state index in [9.17, 15) is 4.39 Å². The first kappa shape index (κ1) is 18.8. The van der Waals surface area contributed by atoms with Crippen LogP contribution in [0.1, 0.15) is 57.1 Å². The molecule has 5 nitrogen and oxygen atoms in total. The van der Waals surface area contributed by atoms with Crippen LogP contribution in [-0.2, 0) is 0 Å². The Balaban J connectivity index is 1.32. The summed E-state index contributed by atoms with van der Waals surface area (Å²) in [5.74, 6) is 1.35. The van der Waals surface area contributed by atoms with Crippen LogP contribution in [0.4, 0.5) is 4.39 Å². The fraction of sp³-hybridized carbons (Fsp3) is 0.500. The van der Waals surface area contributed by atoms with Crippen molar-refractivity contribution in [2.45, 2.75) is 63.5 Å². The lowest BCUT2D eigenvalue weighted by atomic mass is 9.83. The summed E-state index contributed by atoms with van der Waals surface area (Å²) in [6.07, 6.45) is 11.9. The predicted molar refractivity (Wildman–Crippen MR) is 113 cm³/mol. The van der Waals surface area contributed by atoms with E-state index in [1.807, 2.05) is 24.7 Å². The summed E-state index contributed by atoms with van der Waals surface area (Å²) < 4.78 is 13.5. The molecular formula is C22H25ClFN5. The number of hydrogen-bond donors (Lipinski definition) is 0. The number of aromatic nitrogens is 1. The zero-order valence-corrected chi connectivity index (χ0v) is 17.3. The zero-order valence-electron chi connectivity index (χ0n) is 16.5. The highest BCUT2D eigenvalue weighted by Gasteiger charge is 2.38. The molecule has 2 aliphatic carbocycles. The van der Waals surface area contributed by atoms with Crippen LogP contribution < -0.4 is 0 Å². The van der Waals surface area contributed by atoms with Crippen LogP contribution in [0, 0.1) is 11.9 Å². The fourth-order valence-electron chi connectivity index (χ4n) is 5.06. The second kappa shape index (κ2) is 7.56. The highest BCUT2D eigenvalue weighted by molar-refractivity contribution is 6.31. The number of hydrogen-bond acceptors (Lipinski definition) is 5. The van der Waals surface area contributed by atoms with Gasteiger partial charge in [-0.1, -0.05) is 17.7 Å². The number of rotatable bonds is 2. The Morgan fingerprint density at radius 2 is 1.97 bits per heavy atom. The molecule has 3 heterocycles. The summed E-state index contributed by atoms with van der Waals surface area (Å²) >= 11 is 6.26. The average Bonchev–Trinajstić information content (AvgIpc) is 3.10. The zero-order chi connectivity index (χ0) is 20.0. The third kappa shape index (κ3) is 3.48. The Morgan fingerprint density at radius 3 is 2.76 bits per heavy atom. The first-order valence-corrected chi connectivity index (χ1v) is 10.9. The highest BCUT2D eigenvalue weighted by atomic mass is 35.5. The molecule has 0 radical (unpaired) electrons. The van der Waals surface area contributed by atoms with Gasteiger partial charge in [-0.25, -0.2) is 9.99 Å². The van der Waals surface area contributed by atoms with E-state index in [1.165, 1.54) is 6.07 Å². The van der Waals surface area contributed by atoms with Crippen LogP contribution in [-0.4, -0.2) is 39.0 Å². The molecule has 1 fully saturated rings. The number of nitrogens with zero attached hydrogens (tertiary/aromatic N) is 5. The second-order valence-corrected chi connectivity index (χ2v) is 8.88. The number of allylic oxidation sites excluding steroid dienone is 2. The normalized spacial score (nSPS) is 31.5. The lowest BCUT2D eigenvalue weighted by molar-refractivity contribution is 0.169. The van der Waals surface area contributed by atoms with E-state index in [0.29, 0.717) is 23.9 Å². The maximum atomic E-state index is 13.5. The minimum absolute atomic E-state index is 0.296.